The van der Waals surface area contributed by atoms with Gasteiger partial charge in [0.2, 0.25) is 0 Å². The lowest BCUT2D eigenvalue weighted by Gasteiger charge is -2.08. The molecule has 1 aliphatic rings. The Labute approximate surface area is 113 Å². The van der Waals surface area contributed by atoms with Gasteiger partial charge in [0, 0.05) is 22.4 Å². The lowest BCUT2D eigenvalue weighted by atomic mass is 10.2. The van der Waals surface area contributed by atoms with Crippen molar-refractivity contribution in [2.24, 2.45) is 0 Å². The van der Waals surface area contributed by atoms with E-state index in [1.165, 1.54) is 0 Å². The van der Waals surface area contributed by atoms with Crippen LogP contribution in [0.3, 0.4) is 0 Å². The fraction of sp³-hybridized carbons (Fsp3) is 0.308. The first-order valence-electron chi connectivity index (χ1n) is 5.93. The molecule has 0 spiro atoms. The first-order chi connectivity index (χ1) is 8.72. The summed E-state index contributed by atoms with van der Waals surface area (Å²) in [5.74, 6) is 0.228. The number of fused-ring (bicyclic) bond motifs is 1. The maximum absolute atomic E-state index is 12.0. The lowest BCUT2D eigenvalue weighted by Crippen LogP contribution is -2.35. The molecule has 2 heterocycles. The van der Waals surface area contributed by atoms with Crippen molar-refractivity contribution in [2.75, 3.05) is 13.1 Å². The average molecular weight is 309 g/mol. The summed E-state index contributed by atoms with van der Waals surface area (Å²) in [4.78, 5) is 12.0. The van der Waals surface area contributed by atoms with Gasteiger partial charge in [0.15, 0.2) is 5.76 Å². The average Bonchev–Trinajstić information content (AvgIpc) is 2.96. The van der Waals surface area contributed by atoms with Gasteiger partial charge in [-0.25, -0.2) is 0 Å². The summed E-state index contributed by atoms with van der Waals surface area (Å²) in [6.07, 6.45) is 0.970. The van der Waals surface area contributed by atoms with Gasteiger partial charge in [-0.05, 0) is 37.2 Å². The predicted molar refractivity (Wildman–Crippen MR) is 72.7 cm³/mol. The Kier molecular flexibility index (Phi) is 3.09. The molecule has 1 aromatic carbocycles. The van der Waals surface area contributed by atoms with Crippen LogP contribution in [0.2, 0.25) is 0 Å². The highest BCUT2D eigenvalue weighted by atomic mass is 79.9. The smallest absolute Gasteiger partial charge is 0.287 e. The number of amides is 1. The Morgan fingerprint density at radius 2 is 2.33 bits per heavy atom. The standard InChI is InChI=1S/C13H13BrN2O2/c14-9-2-1-8-5-12(18-11(8)6-9)13(17)16-10-3-4-15-7-10/h1-2,5-6,10,15H,3-4,7H2,(H,16,17). The lowest BCUT2D eigenvalue weighted by molar-refractivity contribution is 0.0914. The van der Waals surface area contributed by atoms with Crippen LogP contribution in [-0.4, -0.2) is 25.0 Å². The SMILES string of the molecule is O=C(NC1CCNC1)c1cc2ccc(Br)cc2o1. The molecule has 0 bridgehead atoms. The first kappa shape index (κ1) is 11.7. The minimum atomic E-state index is -0.143. The largest absolute Gasteiger partial charge is 0.451 e. The molecule has 3 rings (SSSR count). The van der Waals surface area contributed by atoms with E-state index in [2.05, 4.69) is 26.6 Å². The molecular weight excluding hydrogens is 296 g/mol. The third kappa shape index (κ3) is 2.28. The van der Waals surface area contributed by atoms with Gasteiger partial charge < -0.3 is 15.1 Å². The summed E-state index contributed by atoms with van der Waals surface area (Å²) < 4.78 is 6.50. The van der Waals surface area contributed by atoms with Crippen molar-refractivity contribution in [3.8, 4) is 0 Å². The van der Waals surface area contributed by atoms with Gasteiger partial charge in [0.1, 0.15) is 5.58 Å². The summed E-state index contributed by atoms with van der Waals surface area (Å²) in [5, 5.41) is 7.11. The van der Waals surface area contributed by atoms with E-state index in [-0.39, 0.29) is 11.9 Å². The molecule has 2 aromatic rings. The monoisotopic (exact) mass is 308 g/mol. The Hall–Kier alpha value is -1.33. The molecule has 2 N–H and O–H groups in total. The molecule has 1 aromatic heterocycles. The molecule has 0 aliphatic carbocycles. The molecular formula is C13H13BrN2O2. The number of furan rings is 1. The van der Waals surface area contributed by atoms with Crippen molar-refractivity contribution in [3.05, 3.63) is 34.5 Å². The maximum atomic E-state index is 12.0. The normalized spacial score (nSPS) is 19.3. The van der Waals surface area contributed by atoms with Crippen molar-refractivity contribution < 1.29 is 9.21 Å². The minimum Gasteiger partial charge on any atom is -0.451 e. The summed E-state index contributed by atoms with van der Waals surface area (Å²) in [6.45, 7) is 1.79. The molecule has 1 amide bonds. The van der Waals surface area contributed by atoms with Gasteiger partial charge in [0.25, 0.3) is 5.91 Å². The van der Waals surface area contributed by atoms with E-state index in [1.54, 1.807) is 6.07 Å². The minimum absolute atomic E-state index is 0.143. The molecule has 0 radical (unpaired) electrons. The molecule has 4 nitrogen and oxygen atoms in total. The van der Waals surface area contributed by atoms with Crippen LogP contribution in [-0.2, 0) is 0 Å². The highest BCUT2D eigenvalue weighted by Crippen LogP contribution is 2.23. The number of hydrogen-bond donors (Lipinski definition) is 2. The molecule has 18 heavy (non-hydrogen) atoms. The van der Waals surface area contributed by atoms with Crippen LogP contribution < -0.4 is 10.6 Å². The zero-order chi connectivity index (χ0) is 12.5. The number of benzene rings is 1. The van der Waals surface area contributed by atoms with Crippen molar-refractivity contribution in [1.82, 2.24) is 10.6 Å². The number of halogens is 1. The highest BCUT2D eigenvalue weighted by molar-refractivity contribution is 9.10. The van der Waals surface area contributed by atoms with Crippen molar-refractivity contribution >= 4 is 32.8 Å². The Morgan fingerprint density at radius 3 is 3.11 bits per heavy atom. The van der Waals surface area contributed by atoms with Gasteiger partial charge in [0.05, 0.1) is 0 Å². The second-order valence-electron chi connectivity index (χ2n) is 4.46. The quantitative estimate of drug-likeness (QED) is 0.895. The van der Waals surface area contributed by atoms with E-state index < -0.39 is 0 Å². The third-order valence-corrected chi connectivity index (χ3v) is 3.59. The van der Waals surface area contributed by atoms with Gasteiger partial charge in [-0.3, -0.25) is 4.79 Å². The highest BCUT2D eigenvalue weighted by Gasteiger charge is 2.19. The van der Waals surface area contributed by atoms with Crippen LogP contribution >= 0.6 is 15.9 Å². The van der Waals surface area contributed by atoms with Crippen LogP contribution in [0.5, 0.6) is 0 Å². The number of nitrogens with one attached hydrogen (secondary N) is 2. The van der Waals surface area contributed by atoms with Crippen molar-refractivity contribution in [2.45, 2.75) is 12.5 Å². The van der Waals surface area contributed by atoms with E-state index in [4.69, 9.17) is 4.42 Å². The van der Waals surface area contributed by atoms with E-state index in [0.29, 0.717) is 5.76 Å². The van der Waals surface area contributed by atoms with Crippen LogP contribution in [0, 0.1) is 0 Å². The second kappa shape index (κ2) is 4.74. The van der Waals surface area contributed by atoms with Gasteiger partial charge in [-0.2, -0.15) is 0 Å². The Bertz CT molecular complexity index is 588. The number of carbonyl (C=O) groups is 1. The Balaban J connectivity index is 1.82. The zero-order valence-electron chi connectivity index (χ0n) is 9.70. The van der Waals surface area contributed by atoms with Gasteiger partial charge in [-0.15, -0.1) is 0 Å². The topological polar surface area (TPSA) is 54.3 Å². The number of hydrogen-bond acceptors (Lipinski definition) is 3. The molecule has 1 saturated heterocycles. The zero-order valence-corrected chi connectivity index (χ0v) is 11.3. The van der Waals surface area contributed by atoms with Crippen LogP contribution in [0.25, 0.3) is 11.0 Å². The summed E-state index contributed by atoms with van der Waals surface area (Å²) in [6, 6.07) is 7.71. The second-order valence-corrected chi connectivity index (χ2v) is 5.37. The molecule has 5 heteroatoms. The fourth-order valence-electron chi connectivity index (χ4n) is 2.15. The van der Waals surface area contributed by atoms with Crippen LogP contribution in [0.15, 0.2) is 33.2 Å². The molecule has 94 valence electrons. The number of rotatable bonds is 2. The molecule has 0 saturated carbocycles. The van der Waals surface area contributed by atoms with Gasteiger partial charge >= 0.3 is 0 Å². The first-order valence-corrected chi connectivity index (χ1v) is 6.72. The van der Waals surface area contributed by atoms with Crippen LogP contribution in [0.4, 0.5) is 0 Å². The third-order valence-electron chi connectivity index (χ3n) is 3.10. The molecule has 1 fully saturated rings. The predicted octanol–water partition coefficient (Wildman–Crippen LogP) is 2.29. The van der Waals surface area contributed by atoms with Crippen molar-refractivity contribution in [1.29, 1.82) is 0 Å². The Morgan fingerprint density at radius 1 is 1.44 bits per heavy atom. The van der Waals surface area contributed by atoms with Crippen LogP contribution in [0.1, 0.15) is 17.0 Å². The summed E-state index contributed by atoms with van der Waals surface area (Å²) >= 11 is 3.38. The number of carbonyl (C=O) groups excluding carboxylic acids is 1. The summed E-state index contributed by atoms with van der Waals surface area (Å²) in [5.41, 5.74) is 0.721. The van der Waals surface area contributed by atoms with E-state index in [9.17, 15) is 4.79 Å². The fourth-order valence-corrected chi connectivity index (χ4v) is 2.49. The molecule has 1 aliphatic heterocycles. The van der Waals surface area contributed by atoms with E-state index in [1.807, 2.05) is 18.2 Å². The van der Waals surface area contributed by atoms with Crippen molar-refractivity contribution in [3.63, 3.8) is 0 Å². The molecule has 1 atom stereocenters. The molecule has 1 unspecified atom stereocenters. The summed E-state index contributed by atoms with van der Waals surface area (Å²) in [7, 11) is 0. The maximum Gasteiger partial charge on any atom is 0.287 e. The van der Waals surface area contributed by atoms with E-state index in [0.717, 1.165) is 35.0 Å². The van der Waals surface area contributed by atoms with Gasteiger partial charge in [-0.1, -0.05) is 15.9 Å². The van der Waals surface area contributed by atoms with E-state index >= 15 is 0 Å².